The molecular formula is C62H109NO10. The van der Waals surface area contributed by atoms with Crippen molar-refractivity contribution in [3.8, 4) is 0 Å². The van der Waals surface area contributed by atoms with E-state index in [1.54, 1.807) is 6.08 Å². The fraction of sp³-hybridized carbons (Fsp3) is 0.774. The van der Waals surface area contributed by atoms with Crippen molar-refractivity contribution >= 4 is 11.9 Å². The first-order valence-electron chi connectivity index (χ1n) is 29.7. The van der Waals surface area contributed by atoms with Gasteiger partial charge in [-0.15, -0.1) is 0 Å². The minimum absolute atomic E-state index is 0.0984. The number of hydrogen-bond acceptors (Lipinski definition) is 10. The molecule has 8 atom stereocenters. The molecule has 1 fully saturated rings. The average molecular weight is 1030 g/mol. The van der Waals surface area contributed by atoms with Crippen LogP contribution in [0.3, 0.4) is 0 Å². The fourth-order valence-corrected chi connectivity index (χ4v) is 8.80. The number of hydrogen-bond donors (Lipinski definition) is 6. The second kappa shape index (κ2) is 49.9. The van der Waals surface area contributed by atoms with Gasteiger partial charge >= 0.3 is 5.97 Å². The van der Waals surface area contributed by atoms with Gasteiger partial charge in [0.15, 0.2) is 12.4 Å². The number of carbonyl (C=O) groups excluding carboxylic acids is 2. The van der Waals surface area contributed by atoms with Gasteiger partial charge in [-0.1, -0.05) is 216 Å². The molecule has 0 radical (unpaired) electrons. The van der Waals surface area contributed by atoms with E-state index in [1.165, 1.54) is 109 Å². The SMILES string of the molecule is CCCCC/C=C\C/C=C\C/C=C\C/C=C\CCCCCCCC(=O)OC1C(OCC(NC(=O)C(O)CCCC/C=C\CCCCCCCC)C(O)/C=C/CCCCCCCCCCC)OC(CO)C(O)C1O. The highest BCUT2D eigenvalue weighted by Gasteiger charge is 2.47. The predicted octanol–water partition coefficient (Wildman–Crippen LogP) is 13.6. The summed E-state index contributed by atoms with van der Waals surface area (Å²) in [6.45, 7) is 5.71. The van der Waals surface area contributed by atoms with Gasteiger partial charge in [-0.25, -0.2) is 0 Å². The smallest absolute Gasteiger partial charge is 0.306 e. The summed E-state index contributed by atoms with van der Waals surface area (Å²) in [4.78, 5) is 26.4. The highest BCUT2D eigenvalue weighted by Crippen LogP contribution is 2.26. The molecule has 1 aliphatic rings. The predicted molar refractivity (Wildman–Crippen MR) is 301 cm³/mol. The minimum atomic E-state index is -1.63. The van der Waals surface area contributed by atoms with Crippen LogP contribution >= 0.6 is 0 Å². The Morgan fingerprint density at radius 3 is 1.45 bits per heavy atom. The van der Waals surface area contributed by atoms with Crippen molar-refractivity contribution in [2.45, 2.75) is 294 Å². The Hall–Kier alpha value is -2.90. The molecule has 11 heteroatoms. The third-order valence-electron chi connectivity index (χ3n) is 13.6. The van der Waals surface area contributed by atoms with Crippen LogP contribution in [0.5, 0.6) is 0 Å². The van der Waals surface area contributed by atoms with Crippen molar-refractivity contribution in [1.29, 1.82) is 0 Å². The molecule has 0 aromatic carbocycles. The third kappa shape index (κ3) is 38.3. The van der Waals surface area contributed by atoms with E-state index in [1.807, 2.05) is 6.08 Å². The van der Waals surface area contributed by atoms with Gasteiger partial charge in [0.2, 0.25) is 5.91 Å². The first-order chi connectivity index (χ1) is 35.7. The molecular weight excluding hydrogens is 919 g/mol. The number of aliphatic hydroxyl groups excluding tert-OH is 5. The number of amides is 1. The highest BCUT2D eigenvalue weighted by atomic mass is 16.7. The lowest BCUT2D eigenvalue weighted by Crippen LogP contribution is -2.61. The molecule has 1 aliphatic heterocycles. The van der Waals surface area contributed by atoms with Gasteiger partial charge in [0, 0.05) is 6.42 Å². The van der Waals surface area contributed by atoms with E-state index < -0.39 is 67.4 Å². The van der Waals surface area contributed by atoms with E-state index in [9.17, 15) is 35.1 Å². The van der Waals surface area contributed by atoms with Crippen LogP contribution in [0.2, 0.25) is 0 Å². The Balaban J connectivity index is 2.69. The molecule has 422 valence electrons. The second-order valence-corrected chi connectivity index (χ2v) is 20.4. The van der Waals surface area contributed by atoms with E-state index in [-0.39, 0.29) is 19.4 Å². The van der Waals surface area contributed by atoms with Crippen molar-refractivity contribution in [3.63, 3.8) is 0 Å². The van der Waals surface area contributed by atoms with Crippen LogP contribution in [-0.2, 0) is 23.8 Å². The molecule has 1 amide bonds. The van der Waals surface area contributed by atoms with E-state index in [0.717, 1.165) is 89.9 Å². The van der Waals surface area contributed by atoms with E-state index in [2.05, 4.69) is 86.8 Å². The van der Waals surface area contributed by atoms with Crippen molar-refractivity contribution < 1.29 is 49.3 Å². The lowest BCUT2D eigenvalue weighted by atomic mass is 9.99. The average Bonchev–Trinajstić information content (AvgIpc) is 3.39. The van der Waals surface area contributed by atoms with Crippen molar-refractivity contribution in [1.82, 2.24) is 5.32 Å². The van der Waals surface area contributed by atoms with Crippen LogP contribution in [0.15, 0.2) is 72.9 Å². The maximum atomic E-state index is 13.3. The van der Waals surface area contributed by atoms with Crippen LogP contribution in [0.4, 0.5) is 0 Å². The molecule has 6 N–H and O–H groups in total. The first kappa shape index (κ1) is 68.1. The zero-order chi connectivity index (χ0) is 53.3. The van der Waals surface area contributed by atoms with Gasteiger partial charge < -0.3 is 45.1 Å². The maximum Gasteiger partial charge on any atom is 0.306 e. The van der Waals surface area contributed by atoms with Gasteiger partial charge in [0.05, 0.1) is 25.4 Å². The zero-order valence-electron chi connectivity index (χ0n) is 46.5. The topological polar surface area (TPSA) is 175 Å². The van der Waals surface area contributed by atoms with Gasteiger partial charge in [-0.3, -0.25) is 9.59 Å². The summed E-state index contributed by atoms with van der Waals surface area (Å²) in [6.07, 6.45) is 52.3. The Morgan fingerprint density at radius 1 is 0.534 bits per heavy atom. The molecule has 0 aromatic rings. The zero-order valence-corrected chi connectivity index (χ0v) is 46.5. The Labute approximate surface area is 445 Å². The van der Waals surface area contributed by atoms with Gasteiger partial charge in [-0.05, 0) is 96.3 Å². The summed E-state index contributed by atoms with van der Waals surface area (Å²) in [5.41, 5.74) is 0. The summed E-state index contributed by atoms with van der Waals surface area (Å²) in [5, 5.41) is 56.8. The van der Waals surface area contributed by atoms with Crippen molar-refractivity contribution in [2.24, 2.45) is 0 Å². The monoisotopic (exact) mass is 1030 g/mol. The quantitative estimate of drug-likeness (QED) is 0.0195. The van der Waals surface area contributed by atoms with E-state index in [4.69, 9.17) is 14.2 Å². The summed E-state index contributed by atoms with van der Waals surface area (Å²) >= 11 is 0. The molecule has 73 heavy (non-hydrogen) atoms. The normalized spacial score (nSPS) is 19.9. The lowest BCUT2D eigenvalue weighted by Gasteiger charge is -2.41. The van der Waals surface area contributed by atoms with Crippen molar-refractivity contribution in [2.75, 3.05) is 13.2 Å². The number of rotatable bonds is 49. The van der Waals surface area contributed by atoms with Crippen LogP contribution in [0, 0.1) is 0 Å². The molecule has 11 nitrogen and oxygen atoms in total. The number of nitrogens with one attached hydrogen (secondary N) is 1. The number of carbonyl (C=O) groups is 2. The number of ether oxygens (including phenoxy) is 3. The molecule has 8 unspecified atom stereocenters. The number of unbranched alkanes of at least 4 members (excludes halogenated alkanes) is 25. The van der Waals surface area contributed by atoms with Gasteiger partial charge in [-0.2, -0.15) is 0 Å². The molecule has 1 rings (SSSR count). The second-order valence-electron chi connectivity index (χ2n) is 20.4. The minimum Gasteiger partial charge on any atom is -0.454 e. The van der Waals surface area contributed by atoms with Crippen LogP contribution < -0.4 is 5.32 Å². The molecule has 0 saturated carbocycles. The number of aliphatic hydroxyl groups is 5. The number of allylic oxidation sites excluding steroid dienone is 11. The Bertz CT molecular complexity index is 1460. The molecule has 0 aliphatic carbocycles. The summed E-state index contributed by atoms with van der Waals surface area (Å²) < 4.78 is 17.6. The fourth-order valence-electron chi connectivity index (χ4n) is 8.80. The molecule has 1 heterocycles. The molecule has 0 aromatic heterocycles. The van der Waals surface area contributed by atoms with Crippen LogP contribution in [0.1, 0.15) is 245 Å². The summed E-state index contributed by atoms with van der Waals surface area (Å²) in [5.74, 6) is -1.23. The Morgan fingerprint density at radius 2 is 0.945 bits per heavy atom. The number of esters is 1. The summed E-state index contributed by atoms with van der Waals surface area (Å²) in [7, 11) is 0. The van der Waals surface area contributed by atoms with E-state index in [0.29, 0.717) is 12.8 Å². The highest BCUT2D eigenvalue weighted by molar-refractivity contribution is 5.80. The van der Waals surface area contributed by atoms with Crippen LogP contribution in [0.25, 0.3) is 0 Å². The largest absolute Gasteiger partial charge is 0.454 e. The van der Waals surface area contributed by atoms with Gasteiger partial charge in [0.1, 0.15) is 24.4 Å². The third-order valence-corrected chi connectivity index (χ3v) is 13.6. The molecule has 0 spiro atoms. The van der Waals surface area contributed by atoms with Crippen LogP contribution in [-0.4, -0.2) is 99.6 Å². The molecule has 1 saturated heterocycles. The van der Waals surface area contributed by atoms with Crippen molar-refractivity contribution in [3.05, 3.63) is 72.9 Å². The summed E-state index contributed by atoms with van der Waals surface area (Å²) in [6, 6.07) is -1.04. The standard InChI is InChI=1S/C62H109NO10/c1-4-7-10-13-16-19-22-24-25-26-27-28-29-30-31-32-35-38-41-44-47-50-57(67)73-60-59(69)58(68)56(51-64)72-62(60)71-52-53(54(65)48-45-42-39-36-33-21-18-15-12-9-6-3)63-61(70)55(66)49-46-43-40-37-34-23-20-17-14-11-8-5-2/h16,19,24-25,27-28,30-31,34,37,45,48,53-56,58-60,62,64-66,68-69H,4-15,17-18,20-23,26,29,32-33,35-36,38-44,46-47,49-52H2,1-3H3,(H,63,70)/b19-16-,25-24-,28-27-,31-30-,37-34-,48-45+. The molecule has 0 bridgehead atoms. The lowest BCUT2D eigenvalue weighted by molar-refractivity contribution is -0.305. The first-order valence-corrected chi connectivity index (χ1v) is 29.7. The van der Waals surface area contributed by atoms with Gasteiger partial charge in [0.25, 0.3) is 0 Å². The maximum absolute atomic E-state index is 13.3. The Kier molecular flexibility index (Phi) is 46.6. The van der Waals surface area contributed by atoms with E-state index >= 15 is 0 Å².